The highest BCUT2D eigenvalue weighted by molar-refractivity contribution is 7.12. The lowest BCUT2D eigenvalue weighted by Gasteiger charge is -2.18. The van der Waals surface area contributed by atoms with E-state index in [1.165, 1.54) is 56.2 Å². The first kappa shape index (κ1) is 14.1. The van der Waals surface area contributed by atoms with Gasteiger partial charge in [-0.15, -0.1) is 11.3 Å². The minimum atomic E-state index is 0.280. The Morgan fingerprint density at radius 2 is 2.17 bits per heavy atom. The molecule has 0 spiro atoms. The predicted octanol–water partition coefficient (Wildman–Crippen LogP) is 4.84. The van der Waals surface area contributed by atoms with Crippen LogP contribution in [0.1, 0.15) is 73.7 Å². The maximum atomic E-state index is 6.41. The molecule has 0 saturated heterocycles. The number of hydrogen-bond donors (Lipinski definition) is 1. The van der Waals surface area contributed by atoms with Crippen LogP contribution in [0, 0.1) is 5.92 Å². The maximum absolute atomic E-state index is 6.41. The molecular weight excluding hydrogens is 238 g/mol. The van der Waals surface area contributed by atoms with E-state index in [1.807, 2.05) is 11.3 Å². The maximum Gasteiger partial charge on any atom is 0.0392 e. The second-order valence-electron chi connectivity index (χ2n) is 5.71. The summed E-state index contributed by atoms with van der Waals surface area (Å²) in [5.74, 6) is 0.817. The molecule has 0 aliphatic heterocycles. The minimum Gasteiger partial charge on any atom is -0.323 e. The number of aryl methyl sites for hydroxylation is 2. The van der Waals surface area contributed by atoms with Gasteiger partial charge in [-0.1, -0.05) is 39.5 Å². The first-order valence-electron chi connectivity index (χ1n) is 7.61. The molecule has 1 nitrogen and oxygen atoms in total. The van der Waals surface area contributed by atoms with Gasteiger partial charge in [0.15, 0.2) is 0 Å². The van der Waals surface area contributed by atoms with Gasteiger partial charge in [0.2, 0.25) is 0 Å². The van der Waals surface area contributed by atoms with Crippen molar-refractivity contribution in [2.45, 2.75) is 71.3 Å². The molecule has 2 N–H and O–H groups in total. The highest BCUT2D eigenvalue weighted by atomic mass is 32.1. The Morgan fingerprint density at radius 3 is 2.83 bits per heavy atom. The summed E-state index contributed by atoms with van der Waals surface area (Å²) in [5, 5.41) is 0. The number of fused-ring (bicyclic) bond motifs is 1. The Morgan fingerprint density at radius 1 is 1.33 bits per heavy atom. The third kappa shape index (κ3) is 3.36. The molecule has 1 aromatic heterocycles. The lowest BCUT2D eigenvalue weighted by atomic mass is 9.92. The molecule has 102 valence electrons. The number of nitrogens with two attached hydrogens (primary N) is 1. The normalized spacial score (nSPS) is 17.7. The average molecular weight is 265 g/mol. The van der Waals surface area contributed by atoms with Crippen LogP contribution in [0.2, 0.25) is 0 Å². The zero-order valence-electron chi connectivity index (χ0n) is 11.9. The molecule has 2 heteroatoms. The molecule has 2 atom stereocenters. The van der Waals surface area contributed by atoms with Crippen molar-refractivity contribution in [1.82, 2.24) is 0 Å². The van der Waals surface area contributed by atoms with Crippen LogP contribution in [0.5, 0.6) is 0 Å². The van der Waals surface area contributed by atoms with Gasteiger partial charge in [-0.05, 0) is 43.2 Å². The molecule has 0 fully saturated rings. The van der Waals surface area contributed by atoms with Crippen LogP contribution in [0.15, 0.2) is 6.07 Å². The molecule has 0 amide bonds. The predicted molar refractivity (Wildman–Crippen MR) is 81.2 cm³/mol. The van der Waals surface area contributed by atoms with E-state index >= 15 is 0 Å². The van der Waals surface area contributed by atoms with Crippen molar-refractivity contribution in [3.8, 4) is 0 Å². The van der Waals surface area contributed by atoms with Crippen molar-refractivity contribution >= 4 is 11.3 Å². The molecular formula is C16H27NS. The van der Waals surface area contributed by atoms with E-state index in [4.69, 9.17) is 5.73 Å². The van der Waals surface area contributed by atoms with Crippen molar-refractivity contribution < 1.29 is 0 Å². The second-order valence-corrected chi connectivity index (χ2v) is 6.88. The summed E-state index contributed by atoms with van der Waals surface area (Å²) in [6, 6.07) is 2.67. The van der Waals surface area contributed by atoms with Crippen LogP contribution < -0.4 is 5.73 Å². The van der Waals surface area contributed by atoms with Gasteiger partial charge in [0.05, 0.1) is 0 Å². The molecule has 0 aromatic carbocycles. The zero-order valence-corrected chi connectivity index (χ0v) is 12.7. The van der Waals surface area contributed by atoms with Crippen molar-refractivity contribution in [3.05, 3.63) is 21.4 Å². The number of hydrogen-bond acceptors (Lipinski definition) is 2. The van der Waals surface area contributed by atoms with E-state index in [1.54, 1.807) is 10.4 Å². The summed E-state index contributed by atoms with van der Waals surface area (Å²) in [4.78, 5) is 3.05. The Bertz CT molecular complexity index is 348. The molecule has 1 heterocycles. The van der Waals surface area contributed by atoms with Crippen LogP contribution >= 0.6 is 11.3 Å². The standard InChI is InChI=1S/C16H27NS/c1-3-5-7-12(4-2)10-14(17)16-11-13-8-6-9-15(13)18-16/h11-12,14H,3-10,17H2,1-2H3. The largest absolute Gasteiger partial charge is 0.323 e. The fraction of sp³-hybridized carbons (Fsp3) is 0.750. The average Bonchev–Trinajstić information content (AvgIpc) is 2.94. The summed E-state index contributed by atoms with van der Waals surface area (Å²) in [7, 11) is 0. The Balaban J connectivity index is 1.91. The molecule has 1 aliphatic rings. The van der Waals surface area contributed by atoms with Crippen LogP contribution in [0.4, 0.5) is 0 Å². The van der Waals surface area contributed by atoms with Gasteiger partial charge in [-0.25, -0.2) is 0 Å². The minimum absolute atomic E-state index is 0.280. The van der Waals surface area contributed by atoms with Gasteiger partial charge in [-0.3, -0.25) is 0 Å². The molecule has 2 rings (SSSR count). The van der Waals surface area contributed by atoms with Gasteiger partial charge >= 0.3 is 0 Å². The number of unbranched alkanes of at least 4 members (excludes halogenated alkanes) is 1. The number of rotatable bonds is 7. The SMILES string of the molecule is CCCCC(CC)CC(N)c1cc2c(s1)CCC2. The fourth-order valence-corrected chi connectivity index (χ4v) is 4.26. The van der Waals surface area contributed by atoms with Gasteiger partial charge in [0, 0.05) is 15.8 Å². The van der Waals surface area contributed by atoms with Crippen LogP contribution in [0.25, 0.3) is 0 Å². The van der Waals surface area contributed by atoms with Gasteiger partial charge in [0.1, 0.15) is 0 Å². The van der Waals surface area contributed by atoms with Crippen molar-refractivity contribution in [2.24, 2.45) is 11.7 Å². The molecule has 2 unspecified atom stereocenters. The topological polar surface area (TPSA) is 26.0 Å². The highest BCUT2D eigenvalue weighted by Gasteiger charge is 2.20. The van der Waals surface area contributed by atoms with Crippen LogP contribution in [-0.4, -0.2) is 0 Å². The van der Waals surface area contributed by atoms with Gasteiger partial charge < -0.3 is 5.73 Å². The first-order valence-corrected chi connectivity index (χ1v) is 8.43. The summed E-state index contributed by atoms with van der Waals surface area (Å²) in [6.07, 6.45) is 10.4. The summed E-state index contributed by atoms with van der Waals surface area (Å²) >= 11 is 1.98. The third-order valence-corrected chi connectivity index (χ3v) is 5.63. The lowest BCUT2D eigenvalue weighted by molar-refractivity contribution is 0.390. The van der Waals surface area contributed by atoms with E-state index in [0.717, 1.165) is 5.92 Å². The smallest absolute Gasteiger partial charge is 0.0392 e. The van der Waals surface area contributed by atoms with Crippen LogP contribution in [-0.2, 0) is 12.8 Å². The van der Waals surface area contributed by atoms with Crippen molar-refractivity contribution in [1.29, 1.82) is 0 Å². The van der Waals surface area contributed by atoms with Gasteiger partial charge in [0.25, 0.3) is 0 Å². The summed E-state index contributed by atoms with van der Waals surface area (Å²) < 4.78 is 0. The zero-order chi connectivity index (χ0) is 13.0. The summed E-state index contributed by atoms with van der Waals surface area (Å²) in [6.45, 7) is 4.58. The van der Waals surface area contributed by atoms with Crippen molar-refractivity contribution in [2.75, 3.05) is 0 Å². The van der Waals surface area contributed by atoms with Gasteiger partial charge in [-0.2, -0.15) is 0 Å². The van der Waals surface area contributed by atoms with Crippen molar-refractivity contribution in [3.63, 3.8) is 0 Å². The Hall–Kier alpha value is -0.340. The number of thiophene rings is 1. The highest BCUT2D eigenvalue weighted by Crippen LogP contribution is 2.35. The Labute approximate surface area is 116 Å². The second kappa shape index (κ2) is 6.72. The fourth-order valence-electron chi connectivity index (χ4n) is 2.99. The first-order chi connectivity index (χ1) is 8.74. The van der Waals surface area contributed by atoms with E-state index in [0.29, 0.717) is 0 Å². The molecule has 0 radical (unpaired) electrons. The van der Waals surface area contributed by atoms with E-state index in [-0.39, 0.29) is 6.04 Å². The monoisotopic (exact) mass is 265 g/mol. The molecule has 18 heavy (non-hydrogen) atoms. The van der Waals surface area contributed by atoms with E-state index in [9.17, 15) is 0 Å². The molecule has 1 aliphatic carbocycles. The summed E-state index contributed by atoms with van der Waals surface area (Å²) in [5.41, 5.74) is 8.00. The molecule has 0 bridgehead atoms. The lowest BCUT2D eigenvalue weighted by Crippen LogP contribution is -2.14. The molecule has 0 saturated carbocycles. The Kier molecular flexibility index (Phi) is 5.25. The molecule has 1 aromatic rings. The van der Waals surface area contributed by atoms with Crippen LogP contribution in [0.3, 0.4) is 0 Å². The van der Waals surface area contributed by atoms with E-state index in [2.05, 4.69) is 19.9 Å². The van der Waals surface area contributed by atoms with E-state index < -0.39 is 0 Å². The quantitative estimate of drug-likeness (QED) is 0.750. The third-order valence-electron chi connectivity index (χ3n) is 4.26.